The average molecular weight is 378 g/mol. The zero-order valence-corrected chi connectivity index (χ0v) is 16.0. The predicted octanol–water partition coefficient (Wildman–Crippen LogP) is 3.18. The number of fused-ring (bicyclic) bond motifs is 2. The molecule has 4 rings (SSSR count). The van der Waals surface area contributed by atoms with Crippen LogP contribution >= 0.6 is 0 Å². The van der Waals surface area contributed by atoms with Gasteiger partial charge in [-0.05, 0) is 55.5 Å². The third-order valence-electron chi connectivity index (χ3n) is 5.67. The predicted molar refractivity (Wildman–Crippen MR) is 103 cm³/mol. The lowest BCUT2D eigenvalue weighted by Crippen LogP contribution is -2.46. The van der Waals surface area contributed by atoms with Crippen molar-refractivity contribution in [2.24, 2.45) is 0 Å². The standard InChI is InChI=1S/C22H22N2O4/c1-14(25)16-9-10-19(28-2)17(12-16)13-24-20(26)22(23-21(24)27)11-5-7-15-6-3-4-8-18(15)22/h3-4,6,8-10,12H,5,7,11,13H2,1-2H3,(H,23,27)/t22-/m0/s1. The van der Waals surface area contributed by atoms with Crippen LogP contribution < -0.4 is 10.1 Å². The number of urea groups is 1. The molecule has 1 fully saturated rings. The van der Waals surface area contributed by atoms with Crippen molar-refractivity contribution >= 4 is 17.7 Å². The highest BCUT2D eigenvalue weighted by Gasteiger charge is 2.53. The van der Waals surface area contributed by atoms with Gasteiger partial charge in [-0.3, -0.25) is 14.5 Å². The van der Waals surface area contributed by atoms with Crippen molar-refractivity contribution in [3.63, 3.8) is 0 Å². The first-order chi connectivity index (χ1) is 13.5. The summed E-state index contributed by atoms with van der Waals surface area (Å²) in [5.74, 6) is 0.203. The molecule has 6 heteroatoms. The molecule has 1 aliphatic heterocycles. The summed E-state index contributed by atoms with van der Waals surface area (Å²) in [6.45, 7) is 1.53. The minimum atomic E-state index is -1.00. The first-order valence-corrected chi connectivity index (χ1v) is 9.36. The van der Waals surface area contributed by atoms with Crippen LogP contribution in [0.15, 0.2) is 42.5 Å². The molecule has 3 amide bonds. The van der Waals surface area contributed by atoms with Crippen LogP contribution in [0.25, 0.3) is 0 Å². The number of nitrogens with one attached hydrogen (secondary N) is 1. The van der Waals surface area contributed by atoms with Gasteiger partial charge in [0.25, 0.3) is 5.91 Å². The number of nitrogens with zero attached hydrogens (tertiary/aromatic N) is 1. The van der Waals surface area contributed by atoms with Crippen molar-refractivity contribution in [2.75, 3.05) is 7.11 Å². The summed E-state index contributed by atoms with van der Waals surface area (Å²) in [6.07, 6.45) is 2.31. The fourth-order valence-electron chi connectivity index (χ4n) is 4.25. The highest BCUT2D eigenvalue weighted by molar-refractivity contribution is 6.07. The summed E-state index contributed by atoms with van der Waals surface area (Å²) in [7, 11) is 1.52. The maximum atomic E-state index is 13.4. The van der Waals surface area contributed by atoms with Gasteiger partial charge in [0.05, 0.1) is 13.7 Å². The van der Waals surface area contributed by atoms with Crippen molar-refractivity contribution < 1.29 is 19.1 Å². The molecule has 0 saturated carbocycles. The van der Waals surface area contributed by atoms with E-state index in [-0.39, 0.29) is 18.2 Å². The molecule has 1 spiro atoms. The number of hydrogen-bond acceptors (Lipinski definition) is 4. The van der Waals surface area contributed by atoms with Crippen LogP contribution in [0.5, 0.6) is 5.75 Å². The number of benzene rings is 2. The van der Waals surface area contributed by atoms with Crippen molar-refractivity contribution in [3.8, 4) is 5.75 Å². The van der Waals surface area contributed by atoms with Gasteiger partial charge in [-0.1, -0.05) is 24.3 Å². The number of aryl methyl sites for hydroxylation is 1. The van der Waals surface area contributed by atoms with Crippen LogP contribution in [0.1, 0.15) is 46.8 Å². The number of rotatable bonds is 4. The number of carbonyl (C=O) groups excluding carboxylic acids is 3. The lowest BCUT2D eigenvalue weighted by molar-refractivity contribution is -0.132. The second-order valence-electron chi connectivity index (χ2n) is 7.32. The number of hydrogen-bond donors (Lipinski definition) is 1. The van der Waals surface area contributed by atoms with E-state index < -0.39 is 11.6 Å². The van der Waals surface area contributed by atoms with Gasteiger partial charge in [-0.2, -0.15) is 0 Å². The Morgan fingerprint density at radius 2 is 2.00 bits per heavy atom. The molecule has 28 heavy (non-hydrogen) atoms. The minimum Gasteiger partial charge on any atom is -0.496 e. The largest absolute Gasteiger partial charge is 0.496 e. The van der Waals surface area contributed by atoms with Gasteiger partial charge in [0, 0.05) is 11.1 Å². The van der Waals surface area contributed by atoms with E-state index in [1.165, 1.54) is 18.9 Å². The van der Waals surface area contributed by atoms with Gasteiger partial charge in [-0.25, -0.2) is 4.79 Å². The molecular weight excluding hydrogens is 356 g/mol. The first-order valence-electron chi connectivity index (χ1n) is 9.36. The Bertz CT molecular complexity index is 984. The normalized spacial score (nSPS) is 20.9. The highest BCUT2D eigenvalue weighted by Crippen LogP contribution is 2.40. The Hall–Kier alpha value is -3.15. The Morgan fingerprint density at radius 1 is 1.21 bits per heavy atom. The van der Waals surface area contributed by atoms with Gasteiger partial charge < -0.3 is 10.1 Å². The van der Waals surface area contributed by atoms with Crippen molar-refractivity contribution in [3.05, 3.63) is 64.7 Å². The molecule has 0 bridgehead atoms. The number of ether oxygens (including phenoxy) is 1. The van der Waals surface area contributed by atoms with Crippen molar-refractivity contribution in [2.45, 2.75) is 38.3 Å². The molecule has 0 radical (unpaired) electrons. The van der Waals surface area contributed by atoms with Gasteiger partial charge >= 0.3 is 6.03 Å². The van der Waals surface area contributed by atoms with E-state index in [1.54, 1.807) is 18.2 Å². The van der Waals surface area contributed by atoms with Crippen LogP contribution in [0.4, 0.5) is 4.79 Å². The molecule has 6 nitrogen and oxygen atoms in total. The Balaban J connectivity index is 1.71. The lowest BCUT2D eigenvalue weighted by Gasteiger charge is -2.33. The van der Waals surface area contributed by atoms with E-state index in [2.05, 4.69) is 5.32 Å². The number of carbonyl (C=O) groups is 3. The second-order valence-corrected chi connectivity index (χ2v) is 7.32. The molecule has 1 heterocycles. The molecule has 2 aliphatic rings. The summed E-state index contributed by atoms with van der Waals surface area (Å²) < 4.78 is 5.37. The average Bonchev–Trinajstić information content (AvgIpc) is 2.93. The highest BCUT2D eigenvalue weighted by atomic mass is 16.5. The number of ketones is 1. The molecule has 0 unspecified atom stereocenters. The molecular formula is C22H22N2O4. The Labute approximate surface area is 163 Å². The molecule has 1 aliphatic carbocycles. The van der Waals surface area contributed by atoms with Crippen LogP contribution in [0, 0.1) is 0 Å². The van der Waals surface area contributed by atoms with Gasteiger partial charge in [0.2, 0.25) is 0 Å². The van der Waals surface area contributed by atoms with Gasteiger partial charge in [0.15, 0.2) is 5.78 Å². The number of imide groups is 1. The maximum absolute atomic E-state index is 13.4. The SMILES string of the molecule is COc1ccc(C(C)=O)cc1CN1C(=O)N[C@]2(CCCc3ccccc32)C1=O. The minimum absolute atomic E-state index is 0.0544. The smallest absolute Gasteiger partial charge is 0.325 e. The number of Topliss-reactive ketones (excluding diaryl/α,β-unsaturated/α-hetero) is 1. The van der Waals surface area contributed by atoms with E-state index in [9.17, 15) is 14.4 Å². The third kappa shape index (κ3) is 2.76. The van der Waals surface area contributed by atoms with Gasteiger partial charge in [-0.15, -0.1) is 0 Å². The summed E-state index contributed by atoms with van der Waals surface area (Å²) in [6, 6.07) is 12.4. The molecule has 1 N–H and O–H groups in total. The summed E-state index contributed by atoms with van der Waals surface area (Å²) in [5, 5.41) is 2.95. The van der Waals surface area contributed by atoms with Crippen molar-refractivity contribution in [1.82, 2.24) is 10.2 Å². The molecule has 144 valence electrons. The maximum Gasteiger partial charge on any atom is 0.325 e. The van der Waals surface area contributed by atoms with E-state index in [0.717, 1.165) is 24.0 Å². The fraction of sp³-hybridized carbons (Fsp3) is 0.318. The fourth-order valence-corrected chi connectivity index (χ4v) is 4.25. The van der Waals surface area contributed by atoms with E-state index >= 15 is 0 Å². The summed E-state index contributed by atoms with van der Waals surface area (Å²) >= 11 is 0. The zero-order chi connectivity index (χ0) is 19.9. The molecule has 1 atom stereocenters. The van der Waals surface area contributed by atoms with Crippen LogP contribution in [0.2, 0.25) is 0 Å². The third-order valence-corrected chi connectivity index (χ3v) is 5.67. The van der Waals surface area contributed by atoms with E-state index in [4.69, 9.17) is 4.74 Å². The van der Waals surface area contributed by atoms with Crippen LogP contribution in [-0.4, -0.2) is 29.7 Å². The topological polar surface area (TPSA) is 75.7 Å². The molecule has 2 aromatic rings. The first kappa shape index (κ1) is 18.2. The second kappa shape index (κ2) is 6.78. The monoisotopic (exact) mass is 378 g/mol. The zero-order valence-electron chi connectivity index (χ0n) is 16.0. The van der Waals surface area contributed by atoms with E-state index in [1.807, 2.05) is 24.3 Å². The van der Waals surface area contributed by atoms with Crippen LogP contribution in [-0.2, 0) is 23.3 Å². The van der Waals surface area contributed by atoms with E-state index in [0.29, 0.717) is 23.3 Å². The molecule has 1 saturated heterocycles. The Morgan fingerprint density at radius 3 is 2.75 bits per heavy atom. The van der Waals surface area contributed by atoms with Crippen LogP contribution in [0.3, 0.4) is 0 Å². The lowest BCUT2D eigenvalue weighted by atomic mass is 9.76. The van der Waals surface area contributed by atoms with Gasteiger partial charge in [0.1, 0.15) is 11.3 Å². The summed E-state index contributed by atoms with van der Waals surface area (Å²) in [5.41, 5.74) is 2.12. The number of amides is 3. The number of methoxy groups -OCH3 is 1. The Kier molecular flexibility index (Phi) is 4.41. The molecule has 2 aromatic carbocycles. The van der Waals surface area contributed by atoms with Crippen molar-refractivity contribution in [1.29, 1.82) is 0 Å². The quantitative estimate of drug-likeness (QED) is 0.655. The molecule has 0 aromatic heterocycles. The summed E-state index contributed by atoms with van der Waals surface area (Å²) in [4.78, 5) is 39.2.